The van der Waals surface area contributed by atoms with E-state index in [2.05, 4.69) is 6.92 Å². The normalized spacial score (nSPS) is 30.4. The van der Waals surface area contributed by atoms with Crippen LogP contribution in [-0.4, -0.2) is 116 Å². The van der Waals surface area contributed by atoms with E-state index in [9.17, 15) is 45.3 Å². The van der Waals surface area contributed by atoms with E-state index in [0.29, 0.717) is 32.5 Å². The number of Topliss-reactive ketones (excluding diaryl/α,β-unsaturated/α-hetero) is 1. The molecule has 3 aliphatic rings. The first kappa shape index (κ1) is 41.5. The fourth-order valence-corrected chi connectivity index (χ4v) is 11.1. The highest BCUT2D eigenvalue weighted by molar-refractivity contribution is 8.76. The third-order valence-electron chi connectivity index (χ3n) is 11.8. The van der Waals surface area contributed by atoms with Gasteiger partial charge in [0.05, 0.1) is 29.7 Å². The molecule has 0 bridgehead atoms. The molecule has 6 rings (SSSR count). The maximum absolute atomic E-state index is 13.6. The van der Waals surface area contributed by atoms with Gasteiger partial charge in [0.1, 0.15) is 47.1 Å². The number of aryl methyl sites for hydroxylation is 1. The van der Waals surface area contributed by atoms with Gasteiger partial charge in [0.25, 0.3) is 0 Å². The number of phenolic OH excluding ortho intramolecular Hbond substituents is 2. The minimum atomic E-state index is -1.80. The van der Waals surface area contributed by atoms with Gasteiger partial charge in [-0.15, -0.1) is 0 Å². The largest absolute Gasteiger partial charge is 0.507 e. The summed E-state index contributed by atoms with van der Waals surface area (Å²) in [4.78, 5) is 25.8. The lowest BCUT2D eigenvalue weighted by Gasteiger charge is -2.51. The molecule has 0 saturated carbocycles. The van der Waals surface area contributed by atoms with E-state index in [4.69, 9.17) is 18.9 Å². The average molecular weight is 803 g/mol. The van der Waals surface area contributed by atoms with Crippen LogP contribution in [0.25, 0.3) is 10.8 Å². The van der Waals surface area contributed by atoms with Crippen molar-refractivity contribution in [1.29, 1.82) is 0 Å². The van der Waals surface area contributed by atoms with E-state index in [0.717, 1.165) is 29.9 Å². The van der Waals surface area contributed by atoms with Crippen molar-refractivity contribution in [3.8, 4) is 17.2 Å². The van der Waals surface area contributed by atoms with Gasteiger partial charge in [0, 0.05) is 41.8 Å². The predicted octanol–water partition coefficient (Wildman–Crippen LogP) is 4.82. The van der Waals surface area contributed by atoms with E-state index in [-0.39, 0.29) is 75.9 Å². The fraction of sp³-hybridized carbons (Fsp3) is 0.550. The molecule has 3 heterocycles. The summed E-state index contributed by atoms with van der Waals surface area (Å²) in [6, 6.07) is 11.5. The number of ketones is 1. The van der Waals surface area contributed by atoms with Crippen LogP contribution >= 0.6 is 21.6 Å². The Kier molecular flexibility index (Phi) is 13.3. The van der Waals surface area contributed by atoms with Crippen molar-refractivity contribution < 1.29 is 64.3 Å². The van der Waals surface area contributed by atoms with Gasteiger partial charge in [-0.1, -0.05) is 58.8 Å². The van der Waals surface area contributed by atoms with Crippen LogP contribution in [-0.2, 0) is 20.6 Å². The number of hydrogen-bond donors (Lipinski definition) is 7. The summed E-state index contributed by atoms with van der Waals surface area (Å²) in [5.74, 6) is -2.11. The highest BCUT2D eigenvalue weighted by Crippen LogP contribution is 2.51. The van der Waals surface area contributed by atoms with Crippen molar-refractivity contribution in [2.24, 2.45) is 17.3 Å². The Morgan fingerprint density at radius 3 is 2.51 bits per heavy atom. The zero-order valence-electron chi connectivity index (χ0n) is 30.9. The van der Waals surface area contributed by atoms with E-state index >= 15 is 0 Å². The first-order valence-electron chi connectivity index (χ1n) is 18.6. The van der Waals surface area contributed by atoms with Gasteiger partial charge in [-0.2, -0.15) is 0 Å². The second-order valence-corrected chi connectivity index (χ2v) is 17.3. The number of ether oxygens (including phenoxy) is 4. The van der Waals surface area contributed by atoms with Crippen LogP contribution in [0.5, 0.6) is 17.2 Å². The Bertz CT molecular complexity index is 1830. The molecule has 0 aliphatic carbocycles. The molecule has 0 radical (unpaired) electrons. The van der Waals surface area contributed by atoms with Crippen LogP contribution in [0.4, 0.5) is 0 Å². The lowest BCUT2D eigenvalue weighted by molar-refractivity contribution is -0.322. The predicted molar refractivity (Wildman–Crippen MR) is 207 cm³/mol. The van der Waals surface area contributed by atoms with Gasteiger partial charge >= 0.3 is 5.97 Å². The number of aromatic hydroxyl groups is 2. The molecule has 55 heavy (non-hydrogen) atoms. The average Bonchev–Trinajstić information content (AvgIpc) is 3.20. The summed E-state index contributed by atoms with van der Waals surface area (Å²) in [5, 5.41) is 77.0. The Labute approximate surface area is 327 Å². The maximum Gasteiger partial charge on any atom is 0.335 e. The van der Waals surface area contributed by atoms with Gasteiger partial charge in [-0.25, -0.2) is 4.79 Å². The molecule has 8 atom stereocenters. The molecule has 3 aromatic rings. The minimum Gasteiger partial charge on any atom is -0.507 e. The number of carboxylic acid groups (broad SMARTS) is 1. The van der Waals surface area contributed by atoms with Gasteiger partial charge in [-0.3, -0.25) is 4.79 Å². The smallest absolute Gasteiger partial charge is 0.335 e. The summed E-state index contributed by atoms with van der Waals surface area (Å²) in [7, 11) is 2.98. The zero-order valence-corrected chi connectivity index (χ0v) is 32.5. The molecule has 300 valence electrons. The molecule has 3 aliphatic heterocycles. The molecule has 7 N–H and O–H groups in total. The number of carbonyl (C=O) groups excluding carboxylic acids is 1. The van der Waals surface area contributed by atoms with E-state index in [1.807, 2.05) is 30.3 Å². The first-order valence-corrected chi connectivity index (χ1v) is 21.0. The number of hydrogen-bond acceptors (Lipinski definition) is 14. The Balaban J connectivity index is 1.32. The summed E-state index contributed by atoms with van der Waals surface area (Å²) >= 11 is 0. The Morgan fingerprint density at radius 2 is 1.80 bits per heavy atom. The number of fused-ring (bicyclic) bond motifs is 2. The molecular formula is C40H50O13S2. The first-order chi connectivity index (χ1) is 26.4. The summed E-state index contributed by atoms with van der Waals surface area (Å²) in [6.45, 7) is 4.07. The third-order valence-corrected chi connectivity index (χ3v) is 14.0. The summed E-state index contributed by atoms with van der Waals surface area (Å²) in [5.41, 5.74) is -1.39. The second-order valence-electron chi connectivity index (χ2n) is 14.9. The number of phenols is 2. The molecule has 3 aromatic carbocycles. The van der Waals surface area contributed by atoms with Gasteiger partial charge < -0.3 is 54.7 Å². The van der Waals surface area contributed by atoms with Crippen molar-refractivity contribution in [2.75, 3.05) is 38.1 Å². The number of carboxylic acids is 1. The summed E-state index contributed by atoms with van der Waals surface area (Å²) in [6.07, 6.45) is -3.93. The lowest BCUT2D eigenvalue weighted by Crippen LogP contribution is -2.69. The fourth-order valence-electron chi connectivity index (χ4n) is 8.69. The summed E-state index contributed by atoms with van der Waals surface area (Å²) < 4.78 is 24.6. The number of aliphatic hydroxyl groups excluding tert-OH is 4. The van der Waals surface area contributed by atoms with Gasteiger partial charge in [0.2, 0.25) is 6.29 Å². The van der Waals surface area contributed by atoms with Gasteiger partial charge in [0.15, 0.2) is 5.78 Å². The van der Waals surface area contributed by atoms with Crippen LogP contribution in [0.1, 0.15) is 70.9 Å². The van der Waals surface area contributed by atoms with Crippen LogP contribution in [0, 0.1) is 24.2 Å². The Hall–Kier alpha value is -3.12. The van der Waals surface area contributed by atoms with Crippen molar-refractivity contribution in [3.05, 3.63) is 64.7 Å². The van der Waals surface area contributed by atoms with Crippen LogP contribution < -0.4 is 4.74 Å². The van der Waals surface area contributed by atoms with E-state index in [1.54, 1.807) is 10.8 Å². The van der Waals surface area contributed by atoms with Crippen molar-refractivity contribution in [3.63, 3.8) is 0 Å². The van der Waals surface area contributed by atoms with E-state index in [1.165, 1.54) is 17.7 Å². The molecule has 1 spiro atoms. The Morgan fingerprint density at radius 1 is 1.04 bits per heavy atom. The topological polar surface area (TPSA) is 213 Å². The molecule has 0 amide bonds. The monoisotopic (exact) mass is 802 g/mol. The third kappa shape index (κ3) is 8.18. The minimum absolute atomic E-state index is 0.00395. The molecule has 3 saturated heterocycles. The van der Waals surface area contributed by atoms with Crippen molar-refractivity contribution in [2.45, 2.75) is 82.6 Å². The van der Waals surface area contributed by atoms with E-state index < -0.39 is 60.1 Å². The molecule has 0 aromatic heterocycles. The van der Waals surface area contributed by atoms with Crippen LogP contribution in [0.15, 0.2) is 42.5 Å². The standard InChI is InChI=1S/C40H50O13S2/c1-22-10-12-40(51-21-55-54-20-39(13-14-41)19-50-15-11-27(22)39)30(18-42)53-38(35(46)36(40)47)52-29-17-25(37(48)49)16-26-32(29)34(45)31(23(2)33(26)44)28(43)9-8-24-6-4-3-5-7-24/h3-7,16-17,22,27,30,35-36,38,41-42,44-47H,8-15,18-21H2,1-2H3,(H,48,49)/t22-,27+,30+,35+,36+,38-,39+,40-/m0/s1. The quantitative estimate of drug-likeness (QED) is 0.0832. The van der Waals surface area contributed by atoms with Crippen molar-refractivity contribution >= 4 is 44.1 Å². The molecular weight excluding hydrogens is 753 g/mol. The van der Waals surface area contributed by atoms with Crippen molar-refractivity contribution in [1.82, 2.24) is 0 Å². The number of aliphatic hydroxyl groups is 4. The van der Waals surface area contributed by atoms with Gasteiger partial charge in [-0.05, 0) is 68.6 Å². The number of benzene rings is 3. The number of aromatic carboxylic acids is 1. The molecule has 13 nitrogen and oxygen atoms in total. The second kappa shape index (κ2) is 17.6. The maximum atomic E-state index is 13.6. The lowest BCUT2D eigenvalue weighted by atomic mass is 9.65. The number of carbonyl (C=O) groups is 2. The molecule has 0 unspecified atom stereocenters. The SMILES string of the molecule is Cc1c(C(=O)CCc2ccccc2)c(O)c2c(O[C@H]3O[C@H](CO)[C@@]4(CC[C@H](C)[C@H]5CCOC[C@]5(CCO)CSSCO4)[C@H](O)[C@H]3O)cc(C(=O)O)cc2c1O. The molecule has 3 fully saturated rings. The molecule has 15 heteroatoms. The zero-order chi connectivity index (χ0) is 39.5. The highest BCUT2D eigenvalue weighted by atomic mass is 33.1. The highest BCUT2D eigenvalue weighted by Gasteiger charge is 2.58. The number of rotatable bonds is 10. The van der Waals surface area contributed by atoms with Crippen LogP contribution in [0.2, 0.25) is 0 Å². The van der Waals surface area contributed by atoms with Crippen LogP contribution in [0.3, 0.4) is 0 Å².